The zero-order valence-corrected chi connectivity index (χ0v) is 12.9. The van der Waals surface area contributed by atoms with Crippen LogP contribution in [0.25, 0.3) is 0 Å². The van der Waals surface area contributed by atoms with Crippen LogP contribution >= 0.6 is 0 Å². The molecule has 0 aromatic heterocycles. The summed E-state index contributed by atoms with van der Waals surface area (Å²) < 4.78 is 11.5. The summed E-state index contributed by atoms with van der Waals surface area (Å²) >= 11 is 0. The first-order chi connectivity index (χ1) is 8.57. The van der Waals surface area contributed by atoms with Gasteiger partial charge in [0.25, 0.3) is 0 Å². The fraction of sp³-hybridized carbons (Fsp3) is 0.692. The molecule has 4 nitrogen and oxygen atoms in total. The van der Waals surface area contributed by atoms with Crippen LogP contribution in [-0.4, -0.2) is 41.9 Å². The Morgan fingerprint density at radius 1 is 1.28 bits per heavy atom. The van der Waals surface area contributed by atoms with E-state index in [1.165, 1.54) is 0 Å². The van der Waals surface area contributed by atoms with Crippen LogP contribution in [0.3, 0.4) is 0 Å². The highest BCUT2D eigenvalue weighted by atomic mass is 28.4. The van der Waals surface area contributed by atoms with Gasteiger partial charge in [0.05, 0.1) is 0 Å². The molecule has 0 heterocycles. The van der Waals surface area contributed by atoms with Crippen molar-refractivity contribution in [2.45, 2.75) is 31.0 Å². The van der Waals surface area contributed by atoms with Crippen LogP contribution in [0.2, 0.25) is 11.6 Å². The number of hydrogen-bond donors (Lipinski definition) is 2. The van der Waals surface area contributed by atoms with E-state index in [0.29, 0.717) is 0 Å². The van der Waals surface area contributed by atoms with Crippen molar-refractivity contribution in [3.8, 4) is 0 Å². The third-order valence-electron chi connectivity index (χ3n) is 3.24. The lowest BCUT2D eigenvalue weighted by molar-refractivity contribution is 0.223. The lowest BCUT2D eigenvalue weighted by Crippen LogP contribution is -2.51. The second-order valence-corrected chi connectivity index (χ2v) is 8.05. The highest BCUT2D eigenvalue weighted by molar-refractivity contribution is 6.69. The van der Waals surface area contributed by atoms with Gasteiger partial charge < -0.3 is 19.9 Å². The maximum atomic E-state index is 6.11. The van der Waals surface area contributed by atoms with Gasteiger partial charge in [-0.25, -0.2) is 0 Å². The summed E-state index contributed by atoms with van der Waals surface area (Å²) in [7, 11) is 1.12. The molecule has 0 aromatic rings. The zero-order chi connectivity index (χ0) is 14.0. The van der Waals surface area contributed by atoms with Gasteiger partial charge in [-0.05, 0) is 19.9 Å². The summed E-state index contributed by atoms with van der Waals surface area (Å²) in [6.45, 7) is 11.2. The Morgan fingerprint density at radius 2 is 1.89 bits per heavy atom. The van der Waals surface area contributed by atoms with Crippen LogP contribution in [0.4, 0.5) is 0 Å². The molecule has 0 saturated heterocycles. The Morgan fingerprint density at radius 3 is 2.28 bits per heavy atom. The van der Waals surface area contributed by atoms with Crippen molar-refractivity contribution in [3.05, 3.63) is 25.3 Å². The molecule has 0 aromatic carbocycles. The van der Waals surface area contributed by atoms with Crippen molar-refractivity contribution in [3.63, 3.8) is 0 Å². The van der Waals surface area contributed by atoms with Gasteiger partial charge in [-0.1, -0.05) is 12.2 Å². The fourth-order valence-corrected chi connectivity index (χ4v) is 5.45. The van der Waals surface area contributed by atoms with Crippen LogP contribution in [0.1, 0.15) is 13.3 Å². The SMILES string of the molecule is C=CCNCCC(C(C)N)[Si](CC=C)(OC)OC. The topological polar surface area (TPSA) is 56.5 Å². The van der Waals surface area contributed by atoms with E-state index < -0.39 is 8.56 Å². The van der Waals surface area contributed by atoms with Crippen LogP contribution in [-0.2, 0) is 8.85 Å². The summed E-state index contributed by atoms with van der Waals surface area (Å²) in [5.74, 6) is 0. The predicted molar refractivity (Wildman–Crippen MR) is 79.9 cm³/mol. The molecule has 0 amide bonds. The molecule has 2 atom stereocenters. The van der Waals surface area contributed by atoms with E-state index in [9.17, 15) is 0 Å². The Labute approximate surface area is 112 Å². The Kier molecular flexibility index (Phi) is 9.22. The van der Waals surface area contributed by atoms with Gasteiger partial charge in [-0.3, -0.25) is 0 Å². The molecule has 0 saturated carbocycles. The molecular weight excluding hydrogens is 244 g/mol. The average Bonchev–Trinajstić information content (AvgIpc) is 2.36. The summed E-state index contributed by atoms with van der Waals surface area (Å²) in [5, 5.41) is 3.29. The Balaban J connectivity index is 4.69. The van der Waals surface area contributed by atoms with Crippen molar-refractivity contribution >= 4 is 8.56 Å². The molecule has 0 aliphatic heterocycles. The van der Waals surface area contributed by atoms with Gasteiger partial charge in [-0.15, -0.1) is 13.2 Å². The van der Waals surface area contributed by atoms with E-state index in [2.05, 4.69) is 18.5 Å². The van der Waals surface area contributed by atoms with E-state index in [-0.39, 0.29) is 11.6 Å². The van der Waals surface area contributed by atoms with Gasteiger partial charge in [-0.2, -0.15) is 0 Å². The molecule has 0 fully saturated rings. The maximum absolute atomic E-state index is 6.11. The molecule has 0 rings (SSSR count). The highest BCUT2D eigenvalue weighted by Crippen LogP contribution is 2.32. The smallest absolute Gasteiger partial charge is 0.346 e. The number of allylic oxidation sites excluding steroid dienone is 1. The third kappa shape index (κ3) is 5.03. The molecule has 106 valence electrons. The molecule has 0 aliphatic carbocycles. The van der Waals surface area contributed by atoms with Crippen LogP contribution in [0.15, 0.2) is 25.3 Å². The maximum Gasteiger partial charge on any atom is 0.346 e. The molecule has 0 radical (unpaired) electrons. The fourth-order valence-electron chi connectivity index (χ4n) is 2.25. The molecule has 3 N–H and O–H groups in total. The summed E-state index contributed by atoms with van der Waals surface area (Å²) in [6.07, 6.45) is 4.65. The van der Waals surface area contributed by atoms with E-state index in [1.54, 1.807) is 14.2 Å². The van der Waals surface area contributed by atoms with Crippen molar-refractivity contribution in [2.24, 2.45) is 5.73 Å². The first kappa shape index (κ1) is 17.5. The third-order valence-corrected chi connectivity index (χ3v) is 7.42. The largest absolute Gasteiger partial charge is 0.397 e. The van der Waals surface area contributed by atoms with E-state index >= 15 is 0 Å². The van der Waals surface area contributed by atoms with E-state index in [4.69, 9.17) is 14.6 Å². The summed E-state index contributed by atoms with van der Waals surface area (Å²) in [5.41, 5.74) is 6.35. The Hall–Kier alpha value is -0.463. The van der Waals surface area contributed by atoms with Gasteiger partial charge in [0.15, 0.2) is 0 Å². The number of hydrogen-bond acceptors (Lipinski definition) is 4. The van der Waals surface area contributed by atoms with Crippen molar-refractivity contribution in [1.29, 1.82) is 0 Å². The van der Waals surface area contributed by atoms with Gasteiger partial charge >= 0.3 is 8.56 Å². The number of rotatable bonds is 11. The van der Waals surface area contributed by atoms with Gasteiger partial charge in [0, 0.05) is 38.4 Å². The van der Waals surface area contributed by atoms with Crippen molar-refractivity contribution in [1.82, 2.24) is 5.32 Å². The molecule has 0 aliphatic rings. The minimum Gasteiger partial charge on any atom is -0.397 e. The first-order valence-corrected chi connectivity index (χ1v) is 8.46. The van der Waals surface area contributed by atoms with Crippen LogP contribution < -0.4 is 11.1 Å². The Bertz CT molecular complexity index is 243. The number of nitrogens with one attached hydrogen (secondary N) is 1. The molecule has 0 bridgehead atoms. The molecule has 18 heavy (non-hydrogen) atoms. The highest BCUT2D eigenvalue weighted by Gasteiger charge is 2.44. The minimum atomic E-state index is -2.31. The molecular formula is C13H28N2O2Si. The van der Waals surface area contributed by atoms with Crippen molar-refractivity contribution in [2.75, 3.05) is 27.3 Å². The second-order valence-electron chi connectivity index (χ2n) is 4.46. The van der Waals surface area contributed by atoms with E-state index in [1.807, 2.05) is 19.1 Å². The summed E-state index contributed by atoms with van der Waals surface area (Å²) in [4.78, 5) is 0. The van der Waals surface area contributed by atoms with Gasteiger partial charge in [0.2, 0.25) is 0 Å². The second kappa shape index (κ2) is 9.46. The predicted octanol–water partition coefficient (Wildman–Crippen LogP) is 1.79. The molecule has 5 heteroatoms. The number of nitrogens with two attached hydrogens (primary N) is 1. The standard InChI is InChI=1S/C13H28N2O2Si/c1-6-9-15-10-8-13(12(3)14)18(16-4,17-5)11-7-2/h6-7,12-13,15H,1-2,8-11,14H2,3-5H3. The van der Waals surface area contributed by atoms with E-state index in [0.717, 1.165) is 25.6 Å². The van der Waals surface area contributed by atoms with Crippen molar-refractivity contribution < 1.29 is 8.85 Å². The first-order valence-electron chi connectivity index (χ1n) is 6.36. The van der Waals surface area contributed by atoms with Crippen LogP contribution in [0.5, 0.6) is 0 Å². The molecule has 0 spiro atoms. The normalized spacial score (nSPS) is 15.1. The summed E-state index contributed by atoms with van der Waals surface area (Å²) in [6, 6.07) is 0.801. The van der Waals surface area contributed by atoms with Crippen LogP contribution in [0, 0.1) is 0 Å². The quantitative estimate of drug-likeness (QED) is 0.342. The molecule has 2 unspecified atom stereocenters. The lowest BCUT2D eigenvalue weighted by atomic mass is 10.2. The average molecular weight is 272 g/mol. The van der Waals surface area contributed by atoms with Gasteiger partial charge in [0.1, 0.15) is 0 Å². The lowest BCUT2D eigenvalue weighted by Gasteiger charge is -2.36. The minimum absolute atomic E-state index is 0.0436. The zero-order valence-electron chi connectivity index (χ0n) is 11.9. The monoisotopic (exact) mass is 272 g/mol.